The molecule has 0 aliphatic carbocycles. The zero-order chi connectivity index (χ0) is 19.5. The third kappa shape index (κ3) is 8.43. The Morgan fingerprint density at radius 1 is 1.25 bits per heavy atom. The molecule has 2 N–H and O–H groups in total. The molecule has 0 saturated carbocycles. The topological polar surface area (TPSA) is 58.1 Å². The van der Waals surface area contributed by atoms with E-state index in [0.29, 0.717) is 12.5 Å². The third-order valence-electron chi connectivity index (χ3n) is 4.72. The molecule has 2 rings (SSSR count). The van der Waals surface area contributed by atoms with Crippen LogP contribution in [-0.4, -0.2) is 63.3 Å². The van der Waals surface area contributed by atoms with E-state index in [2.05, 4.69) is 29.4 Å². The molecule has 1 aliphatic rings. The summed E-state index contributed by atoms with van der Waals surface area (Å²) in [5.74, 6) is 3.06. The van der Waals surface area contributed by atoms with Crippen LogP contribution in [0.5, 0.6) is 11.5 Å². The molecule has 7 heteroatoms. The number of nitrogens with zero attached hydrogens (tertiary/aromatic N) is 2. The Morgan fingerprint density at radius 3 is 2.68 bits per heavy atom. The molecule has 6 nitrogen and oxygen atoms in total. The highest BCUT2D eigenvalue weighted by Crippen LogP contribution is 2.26. The maximum Gasteiger partial charge on any atom is 0.191 e. The number of nitrogens with one attached hydrogen (secondary N) is 2. The summed E-state index contributed by atoms with van der Waals surface area (Å²) < 4.78 is 11.3. The molecule has 28 heavy (non-hydrogen) atoms. The van der Waals surface area contributed by atoms with E-state index >= 15 is 0 Å². The first-order valence-corrected chi connectivity index (χ1v) is 10.2. The number of benzene rings is 1. The Bertz CT molecular complexity index is 585. The molecule has 0 spiro atoms. The van der Waals surface area contributed by atoms with Crippen LogP contribution in [0, 0.1) is 5.92 Å². The standard InChI is InChI=1S/C21H36N4O2.HI/c1-5-12-25-13-11-18(16-25)15-24-21(22-6-2)23-14-17(3)27-20-10-8-7-9-19(20)26-4;/h7-10,17-18H,5-6,11-16H2,1-4H3,(H2,22,23,24);1H. The Labute approximate surface area is 187 Å². The van der Waals surface area contributed by atoms with Crippen LogP contribution in [-0.2, 0) is 0 Å². The van der Waals surface area contributed by atoms with E-state index in [4.69, 9.17) is 14.5 Å². The van der Waals surface area contributed by atoms with Crippen molar-refractivity contribution in [2.24, 2.45) is 10.9 Å². The van der Waals surface area contributed by atoms with E-state index in [9.17, 15) is 0 Å². The molecule has 2 unspecified atom stereocenters. The molecule has 1 aromatic rings. The minimum absolute atomic E-state index is 0. The molecule has 1 heterocycles. The molecule has 160 valence electrons. The van der Waals surface area contributed by atoms with Crippen molar-refractivity contribution < 1.29 is 9.47 Å². The Morgan fingerprint density at radius 2 is 2.00 bits per heavy atom. The van der Waals surface area contributed by atoms with Gasteiger partial charge in [-0.05, 0) is 57.8 Å². The number of halogens is 1. The second-order valence-electron chi connectivity index (χ2n) is 7.14. The summed E-state index contributed by atoms with van der Waals surface area (Å²) in [6.07, 6.45) is 2.46. The van der Waals surface area contributed by atoms with Crippen LogP contribution in [0.1, 0.15) is 33.6 Å². The van der Waals surface area contributed by atoms with Gasteiger partial charge in [-0.25, -0.2) is 4.99 Å². The van der Waals surface area contributed by atoms with Gasteiger partial charge in [0.15, 0.2) is 17.5 Å². The van der Waals surface area contributed by atoms with Gasteiger partial charge in [-0.3, -0.25) is 0 Å². The van der Waals surface area contributed by atoms with Gasteiger partial charge in [0, 0.05) is 19.6 Å². The molecule has 1 aromatic carbocycles. The molecular formula is C21H37IN4O2. The van der Waals surface area contributed by atoms with Crippen LogP contribution in [0.4, 0.5) is 0 Å². The number of methoxy groups -OCH3 is 1. The lowest BCUT2D eigenvalue weighted by Crippen LogP contribution is -2.41. The predicted octanol–water partition coefficient (Wildman–Crippen LogP) is 3.37. The van der Waals surface area contributed by atoms with Gasteiger partial charge in [-0.2, -0.15) is 0 Å². The van der Waals surface area contributed by atoms with Gasteiger partial charge in [0.25, 0.3) is 0 Å². The van der Waals surface area contributed by atoms with E-state index in [0.717, 1.165) is 30.5 Å². The van der Waals surface area contributed by atoms with Crippen LogP contribution in [0.25, 0.3) is 0 Å². The van der Waals surface area contributed by atoms with E-state index in [1.54, 1.807) is 7.11 Å². The minimum atomic E-state index is -0.0386. The zero-order valence-electron chi connectivity index (χ0n) is 17.7. The number of guanidine groups is 1. The summed E-state index contributed by atoms with van der Waals surface area (Å²) in [6, 6.07) is 7.71. The summed E-state index contributed by atoms with van der Waals surface area (Å²) >= 11 is 0. The second kappa shape index (κ2) is 13.9. The highest BCUT2D eigenvalue weighted by atomic mass is 127. The normalized spacial score (nSPS) is 18.3. The van der Waals surface area contributed by atoms with Crippen molar-refractivity contribution in [3.63, 3.8) is 0 Å². The monoisotopic (exact) mass is 504 g/mol. The maximum atomic E-state index is 5.99. The van der Waals surface area contributed by atoms with Crippen molar-refractivity contribution in [3.8, 4) is 11.5 Å². The van der Waals surface area contributed by atoms with Gasteiger partial charge < -0.3 is 25.0 Å². The molecule has 2 atom stereocenters. The van der Waals surface area contributed by atoms with Crippen LogP contribution in [0.3, 0.4) is 0 Å². The minimum Gasteiger partial charge on any atom is -0.493 e. The highest BCUT2D eigenvalue weighted by Gasteiger charge is 2.21. The number of ether oxygens (including phenoxy) is 2. The first-order chi connectivity index (χ1) is 13.2. The SMILES string of the molecule is CCCN1CCC(CNC(=NCC(C)Oc2ccccc2OC)NCC)C1.I. The molecular weight excluding hydrogens is 467 g/mol. The summed E-state index contributed by atoms with van der Waals surface area (Å²) in [4.78, 5) is 7.25. The van der Waals surface area contributed by atoms with E-state index in [1.165, 1.54) is 32.5 Å². The Hall–Kier alpha value is -1.22. The summed E-state index contributed by atoms with van der Waals surface area (Å²) in [5.41, 5.74) is 0. The number of aliphatic imine (C=N–C) groups is 1. The summed E-state index contributed by atoms with van der Waals surface area (Å²) in [7, 11) is 1.66. The number of rotatable bonds is 10. The Balaban J connectivity index is 0.00000392. The van der Waals surface area contributed by atoms with Crippen molar-refractivity contribution in [1.82, 2.24) is 15.5 Å². The quantitative estimate of drug-likeness (QED) is 0.291. The van der Waals surface area contributed by atoms with Crippen molar-refractivity contribution in [1.29, 1.82) is 0 Å². The van der Waals surface area contributed by atoms with Gasteiger partial charge >= 0.3 is 0 Å². The predicted molar refractivity (Wildman–Crippen MR) is 127 cm³/mol. The third-order valence-corrected chi connectivity index (χ3v) is 4.72. The lowest BCUT2D eigenvalue weighted by molar-refractivity contribution is 0.219. The van der Waals surface area contributed by atoms with E-state index in [1.807, 2.05) is 31.2 Å². The van der Waals surface area contributed by atoms with E-state index in [-0.39, 0.29) is 30.1 Å². The maximum absolute atomic E-state index is 5.99. The molecule has 0 bridgehead atoms. The van der Waals surface area contributed by atoms with Crippen LogP contribution in [0.15, 0.2) is 29.3 Å². The largest absolute Gasteiger partial charge is 0.493 e. The van der Waals surface area contributed by atoms with Crippen molar-refractivity contribution in [3.05, 3.63) is 24.3 Å². The van der Waals surface area contributed by atoms with Crippen molar-refractivity contribution in [2.45, 2.75) is 39.7 Å². The first kappa shape index (κ1) is 24.8. The summed E-state index contributed by atoms with van der Waals surface area (Å²) in [6.45, 7) is 12.4. The smallest absolute Gasteiger partial charge is 0.191 e. The average Bonchev–Trinajstić information content (AvgIpc) is 3.12. The summed E-state index contributed by atoms with van der Waals surface area (Å²) in [5, 5.41) is 6.83. The fourth-order valence-corrected chi connectivity index (χ4v) is 3.37. The van der Waals surface area contributed by atoms with Gasteiger partial charge in [0.1, 0.15) is 6.10 Å². The fraction of sp³-hybridized carbons (Fsp3) is 0.667. The van der Waals surface area contributed by atoms with Gasteiger partial charge in [-0.1, -0.05) is 19.1 Å². The number of para-hydroxylation sites is 2. The number of hydrogen-bond acceptors (Lipinski definition) is 4. The number of likely N-dealkylation sites (tertiary alicyclic amines) is 1. The molecule has 1 saturated heterocycles. The Kier molecular flexibility index (Phi) is 12.3. The first-order valence-electron chi connectivity index (χ1n) is 10.2. The lowest BCUT2D eigenvalue weighted by Gasteiger charge is -2.18. The van der Waals surface area contributed by atoms with Gasteiger partial charge in [0.05, 0.1) is 13.7 Å². The fourth-order valence-electron chi connectivity index (χ4n) is 3.37. The van der Waals surface area contributed by atoms with E-state index < -0.39 is 0 Å². The zero-order valence-corrected chi connectivity index (χ0v) is 20.1. The number of hydrogen-bond donors (Lipinski definition) is 2. The van der Waals surface area contributed by atoms with Crippen molar-refractivity contribution >= 4 is 29.9 Å². The molecule has 0 amide bonds. The molecule has 0 radical (unpaired) electrons. The van der Waals surface area contributed by atoms with Gasteiger partial charge in [-0.15, -0.1) is 24.0 Å². The average molecular weight is 504 g/mol. The highest BCUT2D eigenvalue weighted by molar-refractivity contribution is 14.0. The van der Waals surface area contributed by atoms with Crippen LogP contribution >= 0.6 is 24.0 Å². The second-order valence-corrected chi connectivity index (χ2v) is 7.14. The lowest BCUT2D eigenvalue weighted by atomic mass is 10.1. The van der Waals surface area contributed by atoms with Crippen LogP contribution in [0.2, 0.25) is 0 Å². The van der Waals surface area contributed by atoms with Gasteiger partial charge in [0.2, 0.25) is 0 Å². The molecule has 1 aliphatic heterocycles. The molecule has 0 aromatic heterocycles. The molecule has 1 fully saturated rings. The van der Waals surface area contributed by atoms with Crippen LogP contribution < -0.4 is 20.1 Å². The van der Waals surface area contributed by atoms with Crippen molar-refractivity contribution in [2.75, 3.05) is 46.4 Å².